The lowest BCUT2D eigenvalue weighted by atomic mass is 9.92. The van der Waals surface area contributed by atoms with Crippen LogP contribution in [0.4, 0.5) is 11.4 Å². The molecule has 37 heavy (non-hydrogen) atoms. The van der Waals surface area contributed by atoms with Crippen molar-refractivity contribution in [3.63, 3.8) is 0 Å². The second kappa shape index (κ2) is 9.07. The van der Waals surface area contributed by atoms with Gasteiger partial charge in [0.25, 0.3) is 0 Å². The summed E-state index contributed by atoms with van der Waals surface area (Å²) in [7, 11) is 0. The zero-order valence-corrected chi connectivity index (χ0v) is 20.3. The van der Waals surface area contributed by atoms with E-state index >= 15 is 0 Å². The SMILES string of the molecule is C1=CCC2C(=C1)N(c1cccc(C3=NC(c4ccccc4)=NC(c4ccccc4)N3)c1)c1ccccc12. The van der Waals surface area contributed by atoms with Gasteiger partial charge in [-0.05, 0) is 41.8 Å². The van der Waals surface area contributed by atoms with Crippen molar-refractivity contribution < 1.29 is 0 Å². The average molecular weight is 479 g/mol. The maximum absolute atomic E-state index is 5.00. The molecule has 2 atom stereocenters. The summed E-state index contributed by atoms with van der Waals surface area (Å²) >= 11 is 0. The van der Waals surface area contributed by atoms with Crippen molar-refractivity contribution in [1.29, 1.82) is 0 Å². The van der Waals surface area contributed by atoms with Crippen molar-refractivity contribution >= 4 is 23.0 Å². The summed E-state index contributed by atoms with van der Waals surface area (Å²) in [5, 5.41) is 3.60. The van der Waals surface area contributed by atoms with Gasteiger partial charge in [-0.25, -0.2) is 9.98 Å². The summed E-state index contributed by atoms with van der Waals surface area (Å²) < 4.78 is 0. The van der Waals surface area contributed by atoms with Crippen LogP contribution < -0.4 is 10.2 Å². The molecule has 3 aliphatic rings. The molecule has 0 radical (unpaired) electrons. The molecule has 4 aromatic carbocycles. The van der Waals surface area contributed by atoms with Gasteiger partial charge in [-0.2, -0.15) is 0 Å². The highest BCUT2D eigenvalue weighted by molar-refractivity contribution is 6.13. The monoisotopic (exact) mass is 478 g/mol. The van der Waals surface area contributed by atoms with Crippen LogP contribution in [0.25, 0.3) is 0 Å². The minimum absolute atomic E-state index is 0.212. The number of nitrogens with one attached hydrogen (secondary N) is 1. The van der Waals surface area contributed by atoms with Crippen molar-refractivity contribution in [2.75, 3.05) is 4.90 Å². The average Bonchev–Trinajstić information content (AvgIpc) is 3.32. The van der Waals surface area contributed by atoms with E-state index in [0.29, 0.717) is 5.92 Å². The van der Waals surface area contributed by atoms with E-state index in [2.05, 4.69) is 101 Å². The number of amidine groups is 2. The normalized spacial score (nSPS) is 19.8. The molecule has 178 valence electrons. The first kappa shape index (κ1) is 21.6. The Balaban J connectivity index is 1.31. The lowest BCUT2D eigenvalue weighted by Crippen LogP contribution is -2.33. The predicted octanol–water partition coefficient (Wildman–Crippen LogP) is 7.26. The topological polar surface area (TPSA) is 40.0 Å². The van der Waals surface area contributed by atoms with E-state index in [1.165, 1.54) is 16.9 Å². The van der Waals surface area contributed by atoms with Gasteiger partial charge in [0.2, 0.25) is 0 Å². The number of para-hydroxylation sites is 1. The Morgan fingerprint density at radius 2 is 1.51 bits per heavy atom. The quantitative estimate of drug-likeness (QED) is 0.335. The van der Waals surface area contributed by atoms with Crippen LogP contribution in [0.1, 0.15) is 40.8 Å². The molecule has 7 rings (SSSR count). The van der Waals surface area contributed by atoms with Crippen molar-refractivity contribution in [1.82, 2.24) is 5.32 Å². The fourth-order valence-electron chi connectivity index (χ4n) is 5.46. The fraction of sp³-hybridized carbons (Fsp3) is 0.0909. The Morgan fingerprint density at radius 1 is 0.757 bits per heavy atom. The third kappa shape index (κ3) is 3.87. The molecular weight excluding hydrogens is 452 g/mol. The first-order valence-corrected chi connectivity index (χ1v) is 12.7. The van der Waals surface area contributed by atoms with Crippen LogP contribution in [-0.2, 0) is 0 Å². The molecule has 1 aliphatic carbocycles. The molecule has 2 aliphatic heterocycles. The second-order valence-corrected chi connectivity index (χ2v) is 9.49. The van der Waals surface area contributed by atoms with Gasteiger partial charge in [-0.1, -0.05) is 103 Å². The van der Waals surface area contributed by atoms with Crippen LogP contribution in [0, 0.1) is 0 Å². The molecule has 0 amide bonds. The summed E-state index contributed by atoms with van der Waals surface area (Å²) in [6.45, 7) is 0. The fourth-order valence-corrected chi connectivity index (χ4v) is 5.46. The first-order valence-electron chi connectivity index (χ1n) is 12.7. The van der Waals surface area contributed by atoms with Crippen molar-refractivity contribution in [3.8, 4) is 0 Å². The maximum atomic E-state index is 5.00. The van der Waals surface area contributed by atoms with Gasteiger partial charge in [0, 0.05) is 34.1 Å². The van der Waals surface area contributed by atoms with E-state index in [1.807, 2.05) is 36.4 Å². The van der Waals surface area contributed by atoms with Crippen LogP contribution in [0.2, 0.25) is 0 Å². The third-order valence-corrected chi connectivity index (χ3v) is 7.21. The van der Waals surface area contributed by atoms with E-state index in [4.69, 9.17) is 9.98 Å². The number of nitrogens with zero attached hydrogens (tertiary/aromatic N) is 3. The smallest absolute Gasteiger partial charge is 0.159 e. The van der Waals surface area contributed by atoms with Crippen LogP contribution in [-0.4, -0.2) is 11.7 Å². The Labute approximate surface area is 217 Å². The molecule has 0 aromatic heterocycles. The molecule has 4 heteroatoms. The molecule has 4 nitrogen and oxygen atoms in total. The summed E-state index contributed by atoms with van der Waals surface area (Å²) in [6, 6.07) is 38.0. The largest absolute Gasteiger partial charge is 0.344 e. The summed E-state index contributed by atoms with van der Waals surface area (Å²) in [5.74, 6) is 1.96. The highest BCUT2D eigenvalue weighted by Crippen LogP contribution is 2.50. The van der Waals surface area contributed by atoms with Crippen LogP contribution in [0.15, 0.2) is 143 Å². The minimum atomic E-state index is -0.212. The summed E-state index contributed by atoms with van der Waals surface area (Å²) in [5.41, 5.74) is 8.26. The van der Waals surface area contributed by atoms with Crippen molar-refractivity contribution in [2.24, 2.45) is 9.98 Å². The Morgan fingerprint density at radius 3 is 2.38 bits per heavy atom. The number of hydrogen-bond acceptors (Lipinski definition) is 4. The van der Waals surface area contributed by atoms with E-state index in [9.17, 15) is 0 Å². The van der Waals surface area contributed by atoms with Gasteiger partial charge in [-0.15, -0.1) is 0 Å². The van der Waals surface area contributed by atoms with Crippen LogP contribution in [0.5, 0.6) is 0 Å². The summed E-state index contributed by atoms with van der Waals surface area (Å²) in [6.07, 6.45) is 7.51. The number of allylic oxidation sites excluding steroid dienone is 4. The zero-order valence-electron chi connectivity index (χ0n) is 20.3. The van der Waals surface area contributed by atoms with E-state index in [-0.39, 0.29) is 6.17 Å². The lowest BCUT2D eigenvalue weighted by molar-refractivity contribution is 0.674. The lowest BCUT2D eigenvalue weighted by Gasteiger charge is -2.26. The van der Waals surface area contributed by atoms with Gasteiger partial charge >= 0.3 is 0 Å². The van der Waals surface area contributed by atoms with Crippen LogP contribution >= 0.6 is 0 Å². The van der Waals surface area contributed by atoms with E-state index in [0.717, 1.165) is 40.5 Å². The van der Waals surface area contributed by atoms with Crippen molar-refractivity contribution in [3.05, 3.63) is 155 Å². The third-order valence-electron chi connectivity index (χ3n) is 7.21. The van der Waals surface area contributed by atoms with Gasteiger partial charge < -0.3 is 10.2 Å². The Hall–Kier alpha value is -4.70. The zero-order chi connectivity index (χ0) is 24.6. The number of anilines is 2. The molecule has 4 aromatic rings. The number of benzene rings is 4. The molecule has 0 spiro atoms. The molecule has 0 saturated heterocycles. The number of hydrogen-bond donors (Lipinski definition) is 1. The number of aliphatic imine (C=N–C) groups is 2. The molecule has 2 heterocycles. The Kier molecular flexibility index (Phi) is 5.29. The van der Waals surface area contributed by atoms with Crippen LogP contribution in [0.3, 0.4) is 0 Å². The molecule has 1 N–H and O–H groups in total. The Bertz CT molecular complexity index is 1580. The van der Waals surface area contributed by atoms with Gasteiger partial charge in [0.15, 0.2) is 5.84 Å². The second-order valence-electron chi connectivity index (χ2n) is 9.49. The standard InChI is InChI=1S/C33H26N4/c1-3-12-23(13-4-1)31-34-32(24-14-5-2-6-15-24)36-33(35-31)25-16-11-17-26(22-25)37-29-20-9-7-18-27(29)28-19-8-10-21-30(28)37/h1-18,20-22,28,31H,19H2,(H,34,35,36). The number of fused-ring (bicyclic) bond motifs is 3. The highest BCUT2D eigenvalue weighted by atomic mass is 15.2. The molecular formula is C33H26N4. The van der Waals surface area contributed by atoms with Crippen molar-refractivity contribution in [2.45, 2.75) is 18.5 Å². The highest BCUT2D eigenvalue weighted by Gasteiger charge is 2.34. The summed E-state index contributed by atoms with van der Waals surface area (Å²) in [4.78, 5) is 12.4. The first-order chi connectivity index (χ1) is 18.3. The molecule has 0 bridgehead atoms. The van der Waals surface area contributed by atoms with E-state index in [1.54, 1.807) is 0 Å². The maximum Gasteiger partial charge on any atom is 0.159 e. The molecule has 2 unspecified atom stereocenters. The minimum Gasteiger partial charge on any atom is -0.344 e. The van der Waals surface area contributed by atoms with Gasteiger partial charge in [0.1, 0.15) is 12.0 Å². The van der Waals surface area contributed by atoms with E-state index < -0.39 is 0 Å². The predicted molar refractivity (Wildman–Crippen MR) is 151 cm³/mol. The van der Waals surface area contributed by atoms with Gasteiger partial charge in [-0.3, -0.25) is 0 Å². The molecule has 0 saturated carbocycles. The van der Waals surface area contributed by atoms with Gasteiger partial charge in [0.05, 0.1) is 0 Å². The molecule has 0 fully saturated rings. The number of rotatable bonds is 4.